The van der Waals surface area contributed by atoms with Gasteiger partial charge in [0.1, 0.15) is 41.9 Å². The molecule has 0 saturated carbocycles. The van der Waals surface area contributed by atoms with Crippen LogP contribution in [0, 0.1) is 0 Å². The molecule has 8 unspecified atom stereocenters. The first kappa shape index (κ1) is 24.9. The van der Waals surface area contributed by atoms with Crippen molar-refractivity contribution in [1.29, 1.82) is 0 Å². The molecule has 7 N–H and O–H groups in total. The second-order valence-corrected chi connectivity index (χ2v) is 9.53. The molecule has 0 aromatic heterocycles. The van der Waals surface area contributed by atoms with Gasteiger partial charge in [-0.2, -0.15) is 0 Å². The van der Waals surface area contributed by atoms with E-state index in [1.165, 1.54) is 37.3 Å². The molecule has 11 heteroatoms. The van der Waals surface area contributed by atoms with Gasteiger partial charge in [0, 0.05) is 23.1 Å². The number of ether oxygens (including phenoxy) is 2. The average Bonchev–Trinajstić information content (AvgIpc) is 2.87. The van der Waals surface area contributed by atoms with Gasteiger partial charge in [0.05, 0.1) is 18.3 Å². The summed E-state index contributed by atoms with van der Waals surface area (Å²) in [5.41, 5.74) is -2.05. The zero-order valence-electron chi connectivity index (χ0n) is 19.1. The van der Waals surface area contributed by atoms with Gasteiger partial charge in [-0.3, -0.25) is 9.59 Å². The fraction of sp³-hybridized carbons (Fsp3) is 0.440. The Balaban J connectivity index is 1.57. The largest absolute Gasteiger partial charge is 0.461 e. The van der Waals surface area contributed by atoms with E-state index >= 15 is 0 Å². The van der Waals surface area contributed by atoms with E-state index in [0.717, 1.165) is 0 Å². The van der Waals surface area contributed by atoms with E-state index < -0.39 is 66.7 Å². The van der Waals surface area contributed by atoms with Crippen molar-refractivity contribution in [2.75, 3.05) is 6.61 Å². The number of benzene rings is 2. The molecule has 36 heavy (non-hydrogen) atoms. The van der Waals surface area contributed by atoms with Gasteiger partial charge < -0.3 is 45.2 Å². The van der Waals surface area contributed by atoms with Gasteiger partial charge in [0.15, 0.2) is 11.6 Å². The molecule has 1 aliphatic heterocycles. The molecule has 0 spiro atoms. The highest BCUT2D eigenvalue weighted by Gasteiger charge is 2.49. The number of hydrogen-bond donors (Lipinski definition) is 7. The Morgan fingerprint density at radius 1 is 0.944 bits per heavy atom. The normalized spacial score (nSPS) is 35.6. The van der Waals surface area contributed by atoms with E-state index in [4.69, 9.17) is 9.47 Å². The molecule has 192 valence electrons. The van der Waals surface area contributed by atoms with Gasteiger partial charge in [-0.1, -0.05) is 18.2 Å². The summed E-state index contributed by atoms with van der Waals surface area (Å²) in [6.45, 7) is 0.653. The summed E-state index contributed by atoms with van der Waals surface area (Å²) in [4.78, 5) is 27.2. The van der Waals surface area contributed by atoms with Crippen LogP contribution in [-0.2, 0) is 11.2 Å². The smallest absolute Gasteiger partial charge is 0.229 e. The van der Waals surface area contributed by atoms with E-state index in [-0.39, 0.29) is 40.0 Å². The molecule has 0 radical (unpaired) electrons. The second kappa shape index (κ2) is 8.68. The predicted octanol–water partition coefficient (Wildman–Crippen LogP) is -1.66. The molecule has 1 saturated heterocycles. The lowest BCUT2D eigenvalue weighted by atomic mass is 9.71. The molecule has 2 aromatic rings. The minimum atomic E-state index is -2.02. The number of fused-ring (bicyclic) bond motifs is 4. The Morgan fingerprint density at radius 2 is 1.61 bits per heavy atom. The first-order valence-electron chi connectivity index (χ1n) is 11.4. The van der Waals surface area contributed by atoms with Gasteiger partial charge >= 0.3 is 0 Å². The minimum Gasteiger partial charge on any atom is -0.461 e. The number of aliphatic hydroxyl groups is 7. The van der Waals surface area contributed by atoms with E-state index in [1.807, 2.05) is 0 Å². The molecule has 2 aromatic carbocycles. The van der Waals surface area contributed by atoms with Crippen LogP contribution < -0.4 is 4.74 Å². The second-order valence-electron chi connectivity index (χ2n) is 9.53. The molecule has 1 heterocycles. The van der Waals surface area contributed by atoms with Gasteiger partial charge in [0.25, 0.3) is 0 Å². The number of ketones is 2. The lowest BCUT2D eigenvalue weighted by Gasteiger charge is -2.41. The maximum absolute atomic E-state index is 13.6. The zero-order chi connectivity index (χ0) is 26.1. The number of carbonyl (C=O) groups is 2. The Kier molecular flexibility index (Phi) is 6.01. The quantitative estimate of drug-likeness (QED) is 0.217. The maximum atomic E-state index is 13.6. The van der Waals surface area contributed by atoms with Crippen LogP contribution in [0.25, 0.3) is 0 Å². The molecular weight excluding hydrogens is 476 g/mol. The first-order chi connectivity index (χ1) is 17.0. The Morgan fingerprint density at radius 3 is 2.31 bits per heavy atom. The van der Waals surface area contributed by atoms with Crippen LogP contribution in [-0.4, -0.2) is 96.3 Å². The van der Waals surface area contributed by atoms with Crippen LogP contribution in [0.15, 0.2) is 30.3 Å². The fourth-order valence-electron chi connectivity index (χ4n) is 5.18. The van der Waals surface area contributed by atoms with Crippen molar-refractivity contribution in [3.05, 3.63) is 63.7 Å². The summed E-state index contributed by atoms with van der Waals surface area (Å²) in [5.74, 6) is -1.34. The van der Waals surface area contributed by atoms with Crippen LogP contribution in [0.5, 0.6) is 5.75 Å². The van der Waals surface area contributed by atoms with Gasteiger partial charge in [0.2, 0.25) is 6.29 Å². The van der Waals surface area contributed by atoms with E-state index in [1.54, 1.807) is 0 Å². The number of hydrogen-bond acceptors (Lipinski definition) is 11. The summed E-state index contributed by atoms with van der Waals surface area (Å²) in [7, 11) is 0. The van der Waals surface area contributed by atoms with Crippen molar-refractivity contribution in [3.63, 3.8) is 0 Å². The number of carbonyl (C=O) groups excluding carboxylic acids is 2. The lowest BCUT2D eigenvalue weighted by Crippen LogP contribution is -2.58. The van der Waals surface area contributed by atoms with Crippen LogP contribution in [0.4, 0.5) is 0 Å². The molecule has 0 amide bonds. The highest BCUT2D eigenvalue weighted by Crippen LogP contribution is 2.43. The van der Waals surface area contributed by atoms with Crippen molar-refractivity contribution >= 4 is 11.6 Å². The number of aliphatic hydroxyl groups excluding tert-OH is 6. The molecule has 8 atom stereocenters. The summed E-state index contributed by atoms with van der Waals surface area (Å²) in [6.07, 6.45) is -10.7. The highest BCUT2D eigenvalue weighted by atomic mass is 16.7. The van der Waals surface area contributed by atoms with Gasteiger partial charge in [-0.05, 0) is 30.2 Å². The zero-order valence-corrected chi connectivity index (χ0v) is 19.1. The molecule has 3 aliphatic rings. The number of rotatable bonds is 3. The van der Waals surface area contributed by atoms with Gasteiger partial charge in [-0.15, -0.1) is 0 Å². The van der Waals surface area contributed by atoms with Crippen LogP contribution in [0.3, 0.4) is 0 Å². The molecule has 1 fully saturated rings. The SMILES string of the molecule is CC1OC(Oc2cccc3c2C(=O)c2ccc4c(c2C3=O)C(O)C(O)C(O)(CO)C4)C(O)C(O)C1O. The van der Waals surface area contributed by atoms with Crippen molar-refractivity contribution in [2.24, 2.45) is 0 Å². The van der Waals surface area contributed by atoms with Crippen molar-refractivity contribution in [2.45, 2.75) is 61.9 Å². The van der Waals surface area contributed by atoms with E-state index in [0.29, 0.717) is 5.56 Å². The molecule has 11 nitrogen and oxygen atoms in total. The first-order valence-corrected chi connectivity index (χ1v) is 11.4. The van der Waals surface area contributed by atoms with E-state index in [2.05, 4.69) is 0 Å². The lowest BCUT2D eigenvalue weighted by molar-refractivity contribution is -0.268. The van der Waals surface area contributed by atoms with E-state index in [9.17, 15) is 45.3 Å². The molecule has 0 bridgehead atoms. The Bertz CT molecular complexity index is 1240. The average molecular weight is 502 g/mol. The Labute approximate surface area is 204 Å². The maximum Gasteiger partial charge on any atom is 0.229 e. The summed E-state index contributed by atoms with van der Waals surface area (Å²) in [5, 5.41) is 71.6. The topological polar surface area (TPSA) is 194 Å². The third-order valence-electron chi connectivity index (χ3n) is 7.27. The molecule has 2 aliphatic carbocycles. The van der Waals surface area contributed by atoms with Gasteiger partial charge in [-0.25, -0.2) is 0 Å². The third kappa shape index (κ3) is 3.51. The van der Waals surface area contributed by atoms with Crippen LogP contribution in [0.2, 0.25) is 0 Å². The van der Waals surface area contributed by atoms with Crippen LogP contribution in [0.1, 0.15) is 56.0 Å². The third-order valence-corrected chi connectivity index (χ3v) is 7.27. The predicted molar refractivity (Wildman–Crippen MR) is 119 cm³/mol. The Hall–Kier alpha value is -2.74. The minimum absolute atomic E-state index is 0.00502. The highest BCUT2D eigenvalue weighted by molar-refractivity contribution is 6.30. The van der Waals surface area contributed by atoms with Crippen molar-refractivity contribution < 1.29 is 54.8 Å². The van der Waals surface area contributed by atoms with Crippen molar-refractivity contribution in [3.8, 4) is 5.75 Å². The molecule has 5 rings (SSSR count). The summed E-state index contributed by atoms with van der Waals surface area (Å²) in [6, 6.07) is 7.03. The van der Waals surface area contributed by atoms with Crippen molar-refractivity contribution in [1.82, 2.24) is 0 Å². The molecular formula is C25H26O11. The monoisotopic (exact) mass is 502 g/mol. The summed E-state index contributed by atoms with van der Waals surface area (Å²) >= 11 is 0. The fourth-order valence-corrected chi connectivity index (χ4v) is 5.18. The standard InChI is InChI=1S/C25H26O11/c1-9-17(27)21(31)22(32)24(35-9)36-13-4-2-3-11-15(13)18(28)12-6-5-10-7-25(34,8-26)23(33)20(30)14(10)16(12)19(11)29/h2-6,9,17,20-24,26-27,30-34H,7-8H2,1H3. The van der Waals surface area contributed by atoms with Crippen LogP contribution >= 0.6 is 0 Å². The summed E-state index contributed by atoms with van der Waals surface area (Å²) < 4.78 is 11.2.